The number of halogens is 7. The lowest BCUT2D eigenvalue weighted by Crippen LogP contribution is -2.06. The van der Waals surface area contributed by atoms with E-state index in [1.165, 1.54) is 12.1 Å². The van der Waals surface area contributed by atoms with Crippen LogP contribution in [-0.2, 0) is 0 Å². The van der Waals surface area contributed by atoms with E-state index >= 15 is 0 Å². The van der Waals surface area contributed by atoms with Crippen molar-refractivity contribution in [2.24, 2.45) is 5.10 Å². The summed E-state index contributed by atoms with van der Waals surface area (Å²) in [5.41, 5.74) is 0.295. The molecule has 0 heterocycles. The van der Waals surface area contributed by atoms with Gasteiger partial charge in [-0.3, -0.25) is 5.43 Å². The van der Waals surface area contributed by atoms with Gasteiger partial charge < -0.3 is 5.11 Å². The summed E-state index contributed by atoms with van der Waals surface area (Å²) in [5.74, 6) is -11.1. The molecule has 0 fully saturated rings. The van der Waals surface area contributed by atoms with Gasteiger partial charge in [0.25, 0.3) is 0 Å². The fourth-order valence-electron chi connectivity index (χ4n) is 1.55. The van der Waals surface area contributed by atoms with Crippen LogP contribution >= 0.6 is 23.2 Å². The molecular formula is C13H5Cl2F5N2O. The van der Waals surface area contributed by atoms with Crippen LogP contribution in [0.5, 0.6) is 5.75 Å². The zero-order valence-electron chi connectivity index (χ0n) is 10.8. The van der Waals surface area contributed by atoms with E-state index in [9.17, 15) is 27.1 Å². The topological polar surface area (TPSA) is 44.6 Å². The number of phenolic OH excluding ortho intramolecular Hbond substituents is 1. The zero-order chi connectivity index (χ0) is 17.3. The third-order valence-electron chi connectivity index (χ3n) is 2.65. The van der Waals surface area contributed by atoms with E-state index in [0.29, 0.717) is 0 Å². The SMILES string of the molecule is Oc1c(Cl)cc(Cl)cc1/C=N/Nc1c(F)c(F)c(F)c(F)c1F. The van der Waals surface area contributed by atoms with Crippen molar-refractivity contribution < 1.29 is 27.1 Å². The van der Waals surface area contributed by atoms with Crippen molar-refractivity contribution >= 4 is 35.1 Å². The van der Waals surface area contributed by atoms with Crippen LogP contribution in [0.2, 0.25) is 10.0 Å². The lowest BCUT2D eigenvalue weighted by molar-refractivity contribution is 0.381. The highest BCUT2D eigenvalue weighted by Crippen LogP contribution is 2.30. The predicted octanol–water partition coefficient (Wildman–Crippen LogP) is 4.84. The van der Waals surface area contributed by atoms with Crippen LogP contribution < -0.4 is 5.43 Å². The highest BCUT2D eigenvalue weighted by atomic mass is 35.5. The first-order valence-electron chi connectivity index (χ1n) is 5.72. The van der Waals surface area contributed by atoms with Crippen molar-refractivity contribution in [1.29, 1.82) is 0 Å². The molecule has 2 aromatic carbocycles. The highest BCUT2D eigenvalue weighted by Gasteiger charge is 2.25. The van der Waals surface area contributed by atoms with Gasteiger partial charge in [0, 0.05) is 10.6 Å². The number of hydrazone groups is 1. The lowest BCUT2D eigenvalue weighted by atomic mass is 10.2. The predicted molar refractivity (Wildman–Crippen MR) is 75.6 cm³/mol. The molecular weight excluding hydrogens is 366 g/mol. The molecule has 0 unspecified atom stereocenters. The third kappa shape index (κ3) is 3.32. The maximum Gasteiger partial charge on any atom is 0.200 e. The van der Waals surface area contributed by atoms with Gasteiger partial charge in [-0.25, -0.2) is 22.0 Å². The maximum atomic E-state index is 13.4. The molecule has 23 heavy (non-hydrogen) atoms. The average molecular weight is 371 g/mol. The number of benzene rings is 2. The summed E-state index contributed by atoms with van der Waals surface area (Å²) in [7, 11) is 0. The Balaban J connectivity index is 2.36. The standard InChI is InChI=1S/C13H5Cl2F5N2O/c14-5-1-4(13(23)6(15)2-5)3-21-22-12-10(19)8(17)7(16)9(18)11(12)20/h1-3,22-23H/b21-3+. The molecule has 0 saturated carbocycles. The number of nitrogens with zero attached hydrogens (tertiary/aromatic N) is 1. The first kappa shape index (κ1) is 17.3. The Labute approximate surface area is 135 Å². The summed E-state index contributed by atoms with van der Waals surface area (Å²) in [6.45, 7) is 0. The van der Waals surface area contributed by atoms with E-state index in [-0.39, 0.29) is 15.6 Å². The fourth-order valence-corrected chi connectivity index (χ4v) is 2.06. The van der Waals surface area contributed by atoms with E-state index in [4.69, 9.17) is 23.2 Å². The minimum atomic E-state index is -2.28. The van der Waals surface area contributed by atoms with Crippen LogP contribution in [0.3, 0.4) is 0 Å². The molecule has 2 rings (SSSR count). The van der Waals surface area contributed by atoms with Gasteiger partial charge in [0.2, 0.25) is 5.82 Å². The average Bonchev–Trinajstić information content (AvgIpc) is 2.51. The Bertz CT molecular complexity index is 785. The van der Waals surface area contributed by atoms with E-state index in [1.807, 2.05) is 0 Å². The van der Waals surface area contributed by atoms with Crippen LogP contribution in [-0.4, -0.2) is 11.3 Å². The van der Waals surface area contributed by atoms with E-state index < -0.39 is 40.5 Å². The molecule has 0 amide bonds. The number of rotatable bonds is 3. The van der Waals surface area contributed by atoms with Gasteiger partial charge in [-0.15, -0.1) is 0 Å². The van der Waals surface area contributed by atoms with Crippen molar-refractivity contribution in [3.8, 4) is 5.75 Å². The highest BCUT2D eigenvalue weighted by molar-refractivity contribution is 6.36. The molecule has 0 aliphatic heterocycles. The van der Waals surface area contributed by atoms with Gasteiger partial charge in [0.1, 0.15) is 11.4 Å². The van der Waals surface area contributed by atoms with Crippen molar-refractivity contribution in [2.45, 2.75) is 0 Å². The second kappa shape index (κ2) is 6.59. The minimum Gasteiger partial charge on any atom is -0.506 e. The number of aromatic hydroxyl groups is 1. The fraction of sp³-hybridized carbons (Fsp3) is 0. The molecule has 2 N–H and O–H groups in total. The molecule has 3 nitrogen and oxygen atoms in total. The summed E-state index contributed by atoms with van der Waals surface area (Å²) in [6, 6.07) is 2.44. The summed E-state index contributed by atoms with van der Waals surface area (Å²) in [6.07, 6.45) is 0.838. The molecule has 0 saturated heterocycles. The first-order valence-corrected chi connectivity index (χ1v) is 6.48. The zero-order valence-corrected chi connectivity index (χ0v) is 12.3. The number of anilines is 1. The lowest BCUT2D eigenvalue weighted by Gasteiger charge is -2.07. The molecule has 0 spiro atoms. The summed E-state index contributed by atoms with van der Waals surface area (Å²) >= 11 is 11.3. The molecule has 0 aliphatic carbocycles. The first-order chi connectivity index (χ1) is 10.7. The molecule has 2 aromatic rings. The Morgan fingerprint density at radius 2 is 1.43 bits per heavy atom. The molecule has 122 valence electrons. The Hall–Kier alpha value is -2.06. The molecule has 0 aliphatic rings. The normalized spacial score (nSPS) is 11.3. The molecule has 10 heteroatoms. The second-order valence-corrected chi connectivity index (χ2v) is 4.98. The van der Waals surface area contributed by atoms with Gasteiger partial charge in [-0.2, -0.15) is 5.10 Å². The second-order valence-electron chi connectivity index (χ2n) is 4.14. The number of phenols is 1. The van der Waals surface area contributed by atoms with E-state index in [0.717, 1.165) is 6.21 Å². The van der Waals surface area contributed by atoms with Crippen molar-refractivity contribution in [1.82, 2.24) is 0 Å². The number of hydrogen-bond donors (Lipinski definition) is 2. The monoisotopic (exact) mass is 370 g/mol. The quantitative estimate of drug-likeness (QED) is 0.267. The van der Waals surface area contributed by atoms with Crippen LogP contribution in [0.15, 0.2) is 17.2 Å². The molecule has 0 radical (unpaired) electrons. The third-order valence-corrected chi connectivity index (χ3v) is 3.15. The molecule has 0 bridgehead atoms. The van der Waals surface area contributed by atoms with Crippen molar-refractivity contribution in [2.75, 3.05) is 5.43 Å². The smallest absolute Gasteiger partial charge is 0.200 e. The van der Waals surface area contributed by atoms with Crippen LogP contribution in [0, 0.1) is 29.1 Å². The van der Waals surface area contributed by atoms with E-state index in [2.05, 4.69) is 5.10 Å². The summed E-state index contributed by atoms with van der Waals surface area (Å²) < 4.78 is 65.6. The largest absolute Gasteiger partial charge is 0.506 e. The van der Waals surface area contributed by atoms with E-state index in [1.54, 1.807) is 5.43 Å². The van der Waals surface area contributed by atoms with Gasteiger partial charge in [0.15, 0.2) is 23.3 Å². The van der Waals surface area contributed by atoms with Crippen molar-refractivity contribution in [3.63, 3.8) is 0 Å². The molecule has 0 aromatic heterocycles. The minimum absolute atomic E-state index is 0.0427. The van der Waals surface area contributed by atoms with Crippen LogP contribution in [0.4, 0.5) is 27.6 Å². The van der Waals surface area contributed by atoms with Crippen molar-refractivity contribution in [3.05, 3.63) is 56.8 Å². The molecule has 0 atom stereocenters. The Morgan fingerprint density at radius 1 is 0.913 bits per heavy atom. The summed E-state index contributed by atoms with van der Waals surface area (Å²) in [5, 5.41) is 12.9. The number of nitrogens with one attached hydrogen (secondary N) is 1. The Kier molecular flexibility index (Phi) is 4.96. The van der Waals surface area contributed by atoms with Gasteiger partial charge in [0.05, 0.1) is 11.2 Å². The van der Waals surface area contributed by atoms with Gasteiger partial charge >= 0.3 is 0 Å². The van der Waals surface area contributed by atoms with Gasteiger partial charge in [-0.05, 0) is 12.1 Å². The number of hydrogen-bond acceptors (Lipinski definition) is 3. The Morgan fingerprint density at radius 3 is 2.00 bits per heavy atom. The maximum absolute atomic E-state index is 13.4. The van der Waals surface area contributed by atoms with Gasteiger partial charge in [-0.1, -0.05) is 23.2 Å². The van der Waals surface area contributed by atoms with Crippen LogP contribution in [0.1, 0.15) is 5.56 Å². The summed E-state index contributed by atoms with van der Waals surface area (Å²) in [4.78, 5) is 0. The van der Waals surface area contributed by atoms with Crippen LogP contribution in [0.25, 0.3) is 0 Å².